The molecule has 0 heterocycles. The first-order chi connectivity index (χ1) is 13.1. The number of aliphatic hydroxyl groups is 2. The number of ether oxygens (including phenoxy) is 1. The van der Waals surface area contributed by atoms with Crippen LogP contribution < -0.4 is 0 Å². The normalized spacial score (nSPS) is 8.96. The van der Waals surface area contributed by atoms with Crippen LogP contribution in [0.1, 0.15) is 22.3 Å². The van der Waals surface area contributed by atoms with E-state index in [1.807, 2.05) is 12.1 Å². The molecule has 0 amide bonds. The minimum atomic E-state index is -0.625. The van der Waals surface area contributed by atoms with Crippen molar-refractivity contribution in [1.82, 2.24) is 0 Å². The van der Waals surface area contributed by atoms with Crippen LogP contribution >= 0.6 is 0 Å². The lowest BCUT2D eigenvalue weighted by atomic mass is 10.2. The Bertz CT molecular complexity index is 691. The van der Waals surface area contributed by atoms with E-state index in [-0.39, 0.29) is 19.8 Å². The van der Waals surface area contributed by atoms with Gasteiger partial charge in [0.05, 0.1) is 49.7 Å². The second kappa shape index (κ2) is 16.6. The van der Waals surface area contributed by atoms with Crippen molar-refractivity contribution >= 4 is 0 Å². The molecule has 0 unspecified atom stereocenters. The van der Waals surface area contributed by atoms with Gasteiger partial charge in [0.1, 0.15) is 13.3 Å². The van der Waals surface area contributed by atoms with Gasteiger partial charge in [0.2, 0.25) is 0 Å². The third kappa shape index (κ3) is 12.2. The van der Waals surface area contributed by atoms with Gasteiger partial charge in [-0.3, -0.25) is 0 Å². The van der Waals surface area contributed by atoms with E-state index in [1.165, 1.54) is 0 Å². The molecule has 144 valence electrons. The minimum Gasteiger partial charge on any atom is -0.394 e. The van der Waals surface area contributed by atoms with Crippen LogP contribution in [0.3, 0.4) is 0 Å². The highest BCUT2D eigenvalue weighted by molar-refractivity contribution is 5.31. The molecule has 0 aliphatic carbocycles. The molecule has 7 heteroatoms. The molecular weight excluding hydrogens is 354 g/mol. The van der Waals surface area contributed by atoms with Crippen molar-refractivity contribution < 1.29 is 23.7 Å². The summed E-state index contributed by atoms with van der Waals surface area (Å²) in [7, 11) is 0. The first kappa shape index (κ1) is 24.2. The smallest absolute Gasteiger partial charge is 0.113 e. The van der Waals surface area contributed by atoms with Crippen molar-refractivity contribution in [2.75, 3.05) is 26.6 Å². The Kier molecular flexibility index (Phi) is 14.9. The zero-order valence-electron chi connectivity index (χ0n) is 14.8. The molecule has 0 saturated heterocycles. The number of hydrogen-bond donors (Lipinski definition) is 2. The topological polar surface area (TPSA) is 97.3 Å². The van der Waals surface area contributed by atoms with Gasteiger partial charge < -0.3 is 14.9 Å². The maximum absolute atomic E-state index is 11.6. The quantitative estimate of drug-likeness (QED) is 0.755. The van der Waals surface area contributed by atoms with Crippen molar-refractivity contribution in [1.29, 1.82) is 10.5 Å². The molecule has 0 aromatic heterocycles. The Morgan fingerprint density at radius 2 is 1.22 bits per heavy atom. The summed E-state index contributed by atoms with van der Waals surface area (Å²) in [5, 5.41) is 33.0. The summed E-state index contributed by atoms with van der Waals surface area (Å²) in [5.41, 5.74) is 3.03. The molecule has 0 bridgehead atoms. The summed E-state index contributed by atoms with van der Waals surface area (Å²) in [6, 6.07) is 17.9. The summed E-state index contributed by atoms with van der Waals surface area (Å²) in [5.74, 6) is 0. The van der Waals surface area contributed by atoms with E-state index in [0.717, 1.165) is 11.1 Å². The largest absolute Gasteiger partial charge is 0.394 e. The van der Waals surface area contributed by atoms with Gasteiger partial charge in [0, 0.05) is 0 Å². The highest BCUT2D eigenvalue weighted by Crippen LogP contribution is 2.04. The lowest BCUT2D eigenvalue weighted by Gasteiger charge is -2.01. The van der Waals surface area contributed by atoms with Gasteiger partial charge in [-0.1, -0.05) is 24.3 Å². The number of rotatable bonds is 6. The first-order valence-electron chi connectivity index (χ1n) is 8.04. The molecule has 0 aliphatic heterocycles. The van der Waals surface area contributed by atoms with E-state index in [2.05, 4.69) is 0 Å². The highest BCUT2D eigenvalue weighted by atomic mass is 19.1. The molecule has 2 N–H and O–H groups in total. The van der Waals surface area contributed by atoms with Crippen LogP contribution in [0.4, 0.5) is 8.78 Å². The van der Waals surface area contributed by atoms with Crippen molar-refractivity contribution in [3.63, 3.8) is 0 Å². The van der Waals surface area contributed by atoms with Gasteiger partial charge in [-0.25, -0.2) is 8.78 Å². The van der Waals surface area contributed by atoms with E-state index in [9.17, 15) is 8.78 Å². The molecule has 0 fully saturated rings. The van der Waals surface area contributed by atoms with Crippen molar-refractivity contribution in [3.8, 4) is 12.1 Å². The predicted octanol–water partition coefficient (Wildman–Crippen LogP) is 3.04. The number of alkyl halides is 2. The number of hydrogen-bond acceptors (Lipinski definition) is 5. The summed E-state index contributed by atoms with van der Waals surface area (Å²) < 4.78 is 27.1. The molecule has 2 rings (SSSR count). The minimum absolute atomic E-state index is 0.0334. The number of nitrogens with zero attached hydrogens (tertiary/aromatic N) is 2. The predicted molar refractivity (Wildman–Crippen MR) is 96.9 cm³/mol. The van der Waals surface area contributed by atoms with Crippen LogP contribution in [0, 0.1) is 22.7 Å². The summed E-state index contributed by atoms with van der Waals surface area (Å²) in [4.78, 5) is 0. The summed E-state index contributed by atoms with van der Waals surface area (Å²) in [6.07, 6.45) is 0. The molecule has 5 nitrogen and oxygen atoms in total. The lowest BCUT2D eigenvalue weighted by molar-refractivity contribution is 0.106. The second-order valence-electron chi connectivity index (χ2n) is 4.93. The third-order valence-corrected chi connectivity index (χ3v) is 2.92. The second-order valence-corrected chi connectivity index (χ2v) is 4.93. The van der Waals surface area contributed by atoms with E-state index in [0.29, 0.717) is 17.7 Å². The van der Waals surface area contributed by atoms with Crippen LogP contribution in [0.5, 0.6) is 0 Å². The number of aliphatic hydroxyl groups excluding tert-OH is 2. The highest BCUT2D eigenvalue weighted by Gasteiger charge is 1.93. The Hall–Kier alpha value is -2.84. The molecule has 0 saturated carbocycles. The van der Waals surface area contributed by atoms with Gasteiger partial charge >= 0.3 is 0 Å². The van der Waals surface area contributed by atoms with Crippen LogP contribution in [0.25, 0.3) is 0 Å². The SMILES string of the molecule is N#Cc1ccc(CO)cc1.N#Cc1ccc(COCCF)cc1.OCCF. The first-order valence-corrected chi connectivity index (χ1v) is 8.04. The molecule has 2 aromatic rings. The van der Waals surface area contributed by atoms with E-state index < -0.39 is 13.3 Å². The Morgan fingerprint density at radius 1 is 0.778 bits per heavy atom. The van der Waals surface area contributed by atoms with E-state index in [1.54, 1.807) is 48.5 Å². The number of nitriles is 2. The van der Waals surface area contributed by atoms with E-state index >= 15 is 0 Å². The Morgan fingerprint density at radius 3 is 1.56 bits per heavy atom. The maximum Gasteiger partial charge on any atom is 0.113 e. The Balaban J connectivity index is 0.000000428. The van der Waals surface area contributed by atoms with Crippen LogP contribution in [0.15, 0.2) is 48.5 Å². The fourth-order valence-corrected chi connectivity index (χ4v) is 1.60. The zero-order valence-corrected chi connectivity index (χ0v) is 14.8. The maximum atomic E-state index is 11.6. The third-order valence-electron chi connectivity index (χ3n) is 2.92. The fraction of sp³-hybridized carbons (Fsp3) is 0.300. The van der Waals surface area contributed by atoms with Crippen molar-refractivity contribution in [3.05, 3.63) is 70.8 Å². The number of benzene rings is 2. The molecule has 0 aliphatic rings. The van der Waals surface area contributed by atoms with Gasteiger partial charge in [0.25, 0.3) is 0 Å². The average Bonchev–Trinajstić information content (AvgIpc) is 2.75. The number of halogens is 2. The van der Waals surface area contributed by atoms with Gasteiger partial charge in [-0.05, 0) is 35.4 Å². The fourth-order valence-electron chi connectivity index (χ4n) is 1.60. The summed E-state index contributed by atoms with van der Waals surface area (Å²) >= 11 is 0. The average molecular weight is 376 g/mol. The molecule has 0 spiro atoms. The van der Waals surface area contributed by atoms with E-state index in [4.69, 9.17) is 25.5 Å². The van der Waals surface area contributed by atoms with Crippen LogP contribution in [-0.2, 0) is 18.0 Å². The van der Waals surface area contributed by atoms with Crippen LogP contribution in [-0.4, -0.2) is 36.8 Å². The van der Waals surface area contributed by atoms with Crippen molar-refractivity contribution in [2.45, 2.75) is 13.2 Å². The van der Waals surface area contributed by atoms with Gasteiger partial charge in [-0.15, -0.1) is 0 Å². The summed E-state index contributed by atoms with van der Waals surface area (Å²) in [6.45, 7) is -0.877. The van der Waals surface area contributed by atoms with Crippen LogP contribution in [0.2, 0.25) is 0 Å². The molecule has 0 atom stereocenters. The van der Waals surface area contributed by atoms with Crippen molar-refractivity contribution in [2.24, 2.45) is 0 Å². The molecular formula is C20H22F2N2O3. The molecule has 27 heavy (non-hydrogen) atoms. The Labute approximate surface area is 157 Å². The molecule has 0 radical (unpaired) electrons. The zero-order chi connectivity index (χ0) is 20.3. The van der Waals surface area contributed by atoms with Gasteiger partial charge in [-0.2, -0.15) is 10.5 Å². The standard InChI is InChI=1S/C10H10FNO.C8H7NO.C2H5FO/c11-5-6-13-8-10-3-1-9(7-12)2-4-10;9-5-7-1-3-8(6-10)4-2-7;3-1-2-4/h1-4H,5-6,8H2;1-4,10H,6H2;4H,1-2H2. The monoisotopic (exact) mass is 376 g/mol. The lowest BCUT2D eigenvalue weighted by Crippen LogP contribution is -1.96. The molecule has 2 aromatic carbocycles. The van der Waals surface area contributed by atoms with Gasteiger partial charge in [0.15, 0.2) is 0 Å².